The van der Waals surface area contributed by atoms with Gasteiger partial charge < -0.3 is 15.0 Å². The van der Waals surface area contributed by atoms with Crippen LogP contribution >= 0.6 is 0 Å². The second kappa shape index (κ2) is 8.96. The molecule has 0 aliphatic carbocycles. The molecule has 0 fully saturated rings. The van der Waals surface area contributed by atoms with Crippen LogP contribution < -0.4 is 10.1 Å². The maximum Gasteiger partial charge on any atom is 0.317 e. The van der Waals surface area contributed by atoms with Crippen molar-refractivity contribution in [2.45, 2.75) is 26.8 Å². The van der Waals surface area contributed by atoms with E-state index in [1.807, 2.05) is 62.4 Å². The smallest absolute Gasteiger partial charge is 0.317 e. The number of aryl methyl sites for hydroxylation is 2. The number of urea groups is 1. The molecule has 0 heterocycles. The summed E-state index contributed by atoms with van der Waals surface area (Å²) in [7, 11) is 1.80. The third kappa shape index (κ3) is 5.30. The fraction of sp³-hybridized carbons (Fsp3) is 0.350. The van der Waals surface area contributed by atoms with Crippen LogP contribution in [0.4, 0.5) is 4.79 Å². The summed E-state index contributed by atoms with van der Waals surface area (Å²) < 4.78 is 5.84. The molecule has 0 saturated heterocycles. The predicted octanol–water partition coefficient (Wildman–Crippen LogP) is 3.91. The Balaban J connectivity index is 1.67. The Bertz CT molecular complexity index is 636. The monoisotopic (exact) mass is 326 g/mol. The number of carbonyl (C=O) groups excluding carboxylic acids is 1. The Kier molecular flexibility index (Phi) is 6.67. The van der Waals surface area contributed by atoms with Gasteiger partial charge in [0.25, 0.3) is 0 Å². The van der Waals surface area contributed by atoms with Gasteiger partial charge in [0.1, 0.15) is 5.75 Å². The molecule has 0 aliphatic rings. The molecule has 4 heteroatoms. The van der Waals surface area contributed by atoms with Crippen molar-refractivity contribution in [3.8, 4) is 5.75 Å². The first-order chi connectivity index (χ1) is 11.6. The number of rotatable bonds is 7. The highest BCUT2D eigenvalue weighted by atomic mass is 16.5. The van der Waals surface area contributed by atoms with Crippen molar-refractivity contribution in [1.29, 1.82) is 0 Å². The number of hydrogen-bond donors (Lipinski definition) is 1. The van der Waals surface area contributed by atoms with Crippen molar-refractivity contribution >= 4 is 6.03 Å². The maximum absolute atomic E-state index is 12.1. The molecule has 2 aromatic carbocycles. The molecule has 0 saturated carbocycles. The molecular formula is C20H26N2O2. The number of amides is 2. The largest absolute Gasteiger partial charge is 0.493 e. The average molecular weight is 326 g/mol. The standard InChI is InChI=1S/C20H26N2O2/c1-16-9-7-10-17(2)19(16)24-14-8-13-21-20(23)22(3)15-18-11-5-4-6-12-18/h4-7,9-12H,8,13-15H2,1-3H3,(H,21,23). The third-order valence-corrected chi connectivity index (χ3v) is 3.86. The zero-order chi connectivity index (χ0) is 17.4. The molecule has 4 nitrogen and oxygen atoms in total. The summed E-state index contributed by atoms with van der Waals surface area (Å²) in [5.74, 6) is 0.949. The number of benzene rings is 2. The summed E-state index contributed by atoms with van der Waals surface area (Å²) in [6, 6.07) is 16.0. The Morgan fingerprint density at radius 1 is 1.04 bits per heavy atom. The van der Waals surface area contributed by atoms with E-state index in [9.17, 15) is 4.79 Å². The van der Waals surface area contributed by atoms with Gasteiger partial charge in [0.15, 0.2) is 0 Å². The molecule has 0 aromatic heterocycles. The van der Waals surface area contributed by atoms with Gasteiger partial charge in [-0.2, -0.15) is 0 Å². The lowest BCUT2D eigenvalue weighted by atomic mass is 10.1. The van der Waals surface area contributed by atoms with Crippen molar-refractivity contribution in [3.05, 3.63) is 65.2 Å². The Morgan fingerprint density at radius 3 is 2.38 bits per heavy atom. The summed E-state index contributed by atoms with van der Waals surface area (Å²) in [4.78, 5) is 13.7. The lowest BCUT2D eigenvalue weighted by Crippen LogP contribution is -2.37. The second-order valence-electron chi connectivity index (χ2n) is 6.00. The van der Waals surface area contributed by atoms with Crippen molar-refractivity contribution in [3.63, 3.8) is 0 Å². The molecule has 0 bridgehead atoms. The first-order valence-corrected chi connectivity index (χ1v) is 8.30. The number of nitrogens with zero attached hydrogens (tertiary/aromatic N) is 1. The summed E-state index contributed by atoms with van der Waals surface area (Å²) >= 11 is 0. The van der Waals surface area contributed by atoms with Crippen LogP contribution in [0.1, 0.15) is 23.1 Å². The number of ether oxygens (including phenoxy) is 1. The van der Waals surface area contributed by atoms with Crippen LogP contribution in [0.2, 0.25) is 0 Å². The van der Waals surface area contributed by atoms with Crippen molar-refractivity contribution in [1.82, 2.24) is 10.2 Å². The first-order valence-electron chi connectivity index (χ1n) is 8.30. The van der Waals surface area contributed by atoms with E-state index in [-0.39, 0.29) is 6.03 Å². The molecule has 0 spiro atoms. The van der Waals surface area contributed by atoms with Gasteiger partial charge in [0, 0.05) is 20.1 Å². The van der Waals surface area contributed by atoms with Gasteiger partial charge in [-0.25, -0.2) is 4.79 Å². The first kappa shape index (κ1) is 17.9. The molecule has 0 unspecified atom stereocenters. The van der Waals surface area contributed by atoms with Crippen LogP contribution in [0.15, 0.2) is 48.5 Å². The lowest BCUT2D eigenvalue weighted by Gasteiger charge is -2.18. The minimum atomic E-state index is -0.0640. The van der Waals surface area contributed by atoms with E-state index in [0.29, 0.717) is 19.7 Å². The van der Waals surface area contributed by atoms with Crippen molar-refractivity contribution in [2.24, 2.45) is 0 Å². The van der Waals surface area contributed by atoms with E-state index in [1.165, 1.54) is 0 Å². The van der Waals surface area contributed by atoms with E-state index in [4.69, 9.17) is 4.74 Å². The van der Waals surface area contributed by atoms with Crippen LogP contribution in [0.25, 0.3) is 0 Å². The van der Waals surface area contributed by atoms with Crippen LogP contribution in [0.3, 0.4) is 0 Å². The van der Waals surface area contributed by atoms with E-state index in [0.717, 1.165) is 28.9 Å². The summed E-state index contributed by atoms with van der Waals surface area (Å²) in [6.07, 6.45) is 0.776. The van der Waals surface area contributed by atoms with E-state index >= 15 is 0 Å². The molecule has 0 radical (unpaired) electrons. The average Bonchev–Trinajstić information content (AvgIpc) is 2.57. The lowest BCUT2D eigenvalue weighted by molar-refractivity contribution is 0.205. The van der Waals surface area contributed by atoms with Crippen LogP contribution in [-0.4, -0.2) is 31.1 Å². The molecule has 1 N–H and O–H groups in total. The molecular weight excluding hydrogens is 300 g/mol. The molecule has 2 amide bonds. The predicted molar refractivity (Wildman–Crippen MR) is 97.3 cm³/mol. The highest BCUT2D eigenvalue weighted by Gasteiger charge is 2.08. The molecule has 128 valence electrons. The van der Waals surface area contributed by atoms with E-state index in [2.05, 4.69) is 5.32 Å². The van der Waals surface area contributed by atoms with Crippen LogP contribution in [-0.2, 0) is 6.54 Å². The van der Waals surface area contributed by atoms with Crippen molar-refractivity contribution < 1.29 is 9.53 Å². The fourth-order valence-corrected chi connectivity index (χ4v) is 2.53. The number of hydrogen-bond acceptors (Lipinski definition) is 2. The van der Waals surface area contributed by atoms with Gasteiger partial charge >= 0.3 is 6.03 Å². The Morgan fingerprint density at radius 2 is 1.71 bits per heavy atom. The normalized spacial score (nSPS) is 10.3. The molecule has 24 heavy (non-hydrogen) atoms. The molecule has 0 atom stereocenters. The van der Waals surface area contributed by atoms with Gasteiger partial charge in [0.05, 0.1) is 6.61 Å². The minimum absolute atomic E-state index is 0.0640. The van der Waals surface area contributed by atoms with Gasteiger partial charge in [-0.1, -0.05) is 48.5 Å². The fourth-order valence-electron chi connectivity index (χ4n) is 2.53. The van der Waals surface area contributed by atoms with Gasteiger partial charge in [-0.05, 0) is 37.0 Å². The van der Waals surface area contributed by atoms with E-state index < -0.39 is 0 Å². The number of carbonyl (C=O) groups is 1. The van der Waals surface area contributed by atoms with Gasteiger partial charge in [-0.15, -0.1) is 0 Å². The molecule has 2 rings (SSSR count). The second-order valence-corrected chi connectivity index (χ2v) is 6.00. The summed E-state index contributed by atoms with van der Waals surface area (Å²) in [5.41, 5.74) is 3.40. The highest BCUT2D eigenvalue weighted by molar-refractivity contribution is 5.73. The molecule has 0 aliphatic heterocycles. The number of para-hydroxylation sites is 1. The highest BCUT2D eigenvalue weighted by Crippen LogP contribution is 2.22. The van der Waals surface area contributed by atoms with Crippen LogP contribution in [0, 0.1) is 13.8 Å². The molecule has 2 aromatic rings. The Labute approximate surface area is 144 Å². The quantitative estimate of drug-likeness (QED) is 0.784. The minimum Gasteiger partial charge on any atom is -0.493 e. The maximum atomic E-state index is 12.1. The van der Waals surface area contributed by atoms with E-state index in [1.54, 1.807) is 11.9 Å². The van der Waals surface area contributed by atoms with Crippen molar-refractivity contribution in [2.75, 3.05) is 20.2 Å². The summed E-state index contributed by atoms with van der Waals surface area (Å²) in [5, 5.41) is 2.93. The zero-order valence-electron chi connectivity index (χ0n) is 14.7. The van der Waals surface area contributed by atoms with Gasteiger partial charge in [-0.3, -0.25) is 0 Å². The zero-order valence-corrected chi connectivity index (χ0v) is 14.7. The number of nitrogens with one attached hydrogen (secondary N) is 1. The SMILES string of the molecule is Cc1cccc(C)c1OCCCNC(=O)N(C)Cc1ccccc1. The topological polar surface area (TPSA) is 41.6 Å². The van der Waals surface area contributed by atoms with Gasteiger partial charge in [0.2, 0.25) is 0 Å². The third-order valence-electron chi connectivity index (χ3n) is 3.86. The Hall–Kier alpha value is -2.49. The summed E-state index contributed by atoms with van der Waals surface area (Å²) in [6.45, 7) is 5.88. The van der Waals surface area contributed by atoms with Crippen LogP contribution in [0.5, 0.6) is 5.75 Å².